The van der Waals surface area contributed by atoms with Crippen molar-refractivity contribution in [1.29, 1.82) is 0 Å². The fourth-order valence-electron chi connectivity index (χ4n) is 2.72. The topological polar surface area (TPSA) is 90.5 Å². The van der Waals surface area contributed by atoms with Crippen LogP contribution < -0.4 is 16.0 Å². The zero-order valence-corrected chi connectivity index (χ0v) is 13.4. The average molecular weight is 317 g/mol. The van der Waals surface area contributed by atoms with E-state index in [-0.39, 0.29) is 11.9 Å². The first kappa shape index (κ1) is 17.2. The number of carbonyl (C=O) groups is 2. The molecular formula is C17H23N3O3. The van der Waals surface area contributed by atoms with Gasteiger partial charge in [-0.15, -0.1) is 0 Å². The van der Waals surface area contributed by atoms with E-state index >= 15 is 0 Å². The zero-order chi connectivity index (χ0) is 16.9. The van der Waals surface area contributed by atoms with Crippen molar-refractivity contribution in [2.75, 3.05) is 18.4 Å². The molecule has 124 valence electrons. The highest BCUT2D eigenvalue weighted by molar-refractivity contribution is 5.98. The second-order valence-electron chi connectivity index (χ2n) is 6.06. The lowest BCUT2D eigenvalue weighted by molar-refractivity contribution is -0.131. The van der Waals surface area contributed by atoms with Crippen LogP contribution in [0.25, 0.3) is 6.08 Å². The van der Waals surface area contributed by atoms with Gasteiger partial charge >= 0.3 is 5.97 Å². The lowest BCUT2D eigenvalue weighted by atomic mass is 9.96. The van der Waals surface area contributed by atoms with Crippen molar-refractivity contribution in [1.82, 2.24) is 10.6 Å². The number of anilines is 1. The highest BCUT2D eigenvalue weighted by Gasteiger charge is 2.41. The van der Waals surface area contributed by atoms with E-state index < -0.39 is 11.5 Å². The molecule has 1 saturated heterocycles. The summed E-state index contributed by atoms with van der Waals surface area (Å²) in [6, 6.07) is 7.29. The molecule has 0 unspecified atom stereocenters. The van der Waals surface area contributed by atoms with Crippen molar-refractivity contribution in [3.05, 3.63) is 35.9 Å². The van der Waals surface area contributed by atoms with Gasteiger partial charge in [0, 0.05) is 24.4 Å². The van der Waals surface area contributed by atoms with E-state index in [1.54, 1.807) is 24.3 Å². The van der Waals surface area contributed by atoms with E-state index in [2.05, 4.69) is 16.0 Å². The minimum absolute atomic E-state index is 0.0509. The van der Waals surface area contributed by atoms with Crippen molar-refractivity contribution in [3.8, 4) is 0 Å². The Morgan fingerprint density at radius 2 is 2.00 bits per heavy atom. The van der Waals surface area contributed by atoms with Crippen molar-refractivity contribution < 1.29 is 14.7 Å². The van der Waals surface area contributed by atoms with Crippen molar-refractivity contribution in [2.45, 2.75) is 31.8 Å². The molecule has 1 aliphatic heterocycles. The fraction of sp³-hybridized carbons (Fsp3) is 0.412. The number of amides is 1. The molecule has 4 N–H and O–H groups in total. The normalized spacial score (nSPS) is 21.0. The van der Waals surface area contributed by atoms with Crippen LogP contribution in [0.15, 0.2) is 30.3 Å². The van der Waals surface area contributed by atoms with Gasteiger partial charge in [-0.2, -0.15) is 0 Å². The summed E-state index contributed by atoms with van der Waals surface area (Å²) in [5.74, 6) is -1.04. The summed E-state index contributed by atoms with van der Waals surface area (Å²) in [4.78, 5) is 23.2. The van der Waals surface area contributed by atoms with E-state index in [9.17, 15) is 9.59 Å². The predicted octanol–water partition coefficient (Wildman–Crippen LogP) is 1.45. The maximum Gasteiger partial charge on any atom is 0.328 e. The third-order valence-electron chi connectivity index (χ3n) is 3.74. The Balaban J connectivity index is 2.05. The number of benzene rings is 1. The van der Waals surface area contributed by atoms with Gasteiger partial charge in [-0.05, 0) is 50.6 Å². The molecule has 1 aliphatic rings. The third-order valence-corrected chi connectivity index (χ3v) is 3.74. The molecule has 1 amide bonds. The first-order valence-electron chi connectivity index (χ1n) is 7.72. The standard InChI is InChI=1S/C17H23N3O3/c1-12(2)20-17(9-10-18-11-17)16(23)19-14-6-3-13(4-7-14)5-8-15(21)22/h3-8,12,18,20H,9-11H2,1-2H3,(H,19,23)(H,21,22)/b8-5+/t17-/m1/s1. The first-order valence-corrected chi connectivity index (χ1v) is 7.72. The van der Waals surface area contributed by atoms with Crippen molar-refractivity contribution >= 4 is 23.6 Å². The van der Waals surface area contributed by atoms with Gasteiger partial charge in [0.05, 0.1) is 0 Å². The van der Waals surface area contributed by atoms with Crippen LogP contribution in [0.4, 0.5) is 5.69 Å². The summed E-state index contributed by atoms with van der Waals surface area (Å²) in [7, 11) is 0. The minimum Gasteiger partial charge on any atom is -0.478 e. The number of hydrogen-bond acceptors (Lipinski definition) is 4. The highest BCUT2D eigenvalue weighted by atomic mass is 16.4. The Morgan fingerprint density at radius 3 is 2.52 bits per heavy atom. The second-order valence-corrected chi connectivity index (χ2v) is 6.06. The Hall–Kier alpha value is -2.18. The molecule has 0 saturated carbocycles. The van der Waals surface area contributed by atoms with Gasteiger partial charge in [-0.3, -0.25) is 10.1 Å². The van der Waals surface area contributed by atoms with Gasteiger partial charge < -0.3 is 15.7 Å². The molecule has 1 heterocycles. The number of carboxylic acids is 1. The lowest BCUT2D eigenvalue weighted by Gasteiger charge is -2.30. The van der Waals surface area contributed by atoms with Crippen LogP contribution in [0.5, 0.6) is 0 Å². The molecule has 1 aromatic carbocycles. The molecule has 0 bridgehead atoms. The van der Waals surface area contributed by atoms with Crippen LogP contribution in [-0.2, 0) is 9.59 Å². The first-order chi connectivity index (χ1) is 10.9. The summed E-state index contributed by atoms with van der Waals surface area (Å²) >= 11 is 0. The summed E-state index contributed by atoms with van der Waals surface area (Å²) in [5, 5.41) is 18.2. The van der Waals surface area contributed by atoms with Gasteiger partial charge in [0.1, 0.15) is 5.54 Å². The van der Waals surface area contributed by atoms with Gasteiger partial charge in [0.15, 0.2) is 0 Å². The zero-order valence-electron chi connectivity index (χ0n) is 13.4. The summed E-state index contributed by atoms with van der Waals surface area (Å²) < 4.78 is 0. The Morgan fingerprint density at radius 1 is 1.30 bits per heavy atom. The number of carbonyl (C=O) groups excluding carboxylic acids is 1. The summed E-state index contributed by atoms with van der Waals surface area (Å²) in [5.41, 5.74) is 0.873. The molecule has 23 heavy (non-hydrogen) atoms. The molecule has 1 atom stereocenters. The quantitative estimate of drug-likeness (QED) is 0.596. The van der Waals surface area contributed by atoms with Crippen LogP contribution in [0.3, 0.4) is 0 Å². The van der Waals surface area contributed by atoms with Gasteiger partial charge in [-0.25, -0.2) is 4.79 Å². The number of carboxylic acid groups (broad SMARTS) is 1. The smallest absolute Gasteiger partial charge is 0.328 e. The van der Waals surface area contributed by atoms with Gasteiger partial charge in [0.25, 0.3) is 0 Å². The molecule has 0 spiro atoms. The van der Waals surface area contributed by atoms with E-state index in [1.807, 2.05) is 13.8 Å². The molecule has 6 nitrogen and oxygen atoms in total. The van der Waals surface area contributed by atoms with Crippen LogP contribution in [-0.4, -0.2) is 41.7 Å². The number of aliphatic carboxylic acids is 1. The fourth-order valence-corrected chi connectivity index (χ4v) is 2.72. The van der Waals surface area contributed by atoms with Crippen LogP contribution in [0, 0.1) is 0 Å². The summed E-state index contributed by atoms with van der Waals surface area (Å²) in [6.45, 7) is 5.47. The Labute approximate surface area is 136 Å². The molecular weight excluding hydrogens is 294 g/mol. The largest absolute Gasteiger partial charge is 0.478 e. The Kier molecular flexibility index (Phi) is 5.52. The maximum absolute atomic E-state index is 12.7. The molecule has 1 fully saturated rings. The highest BCUT2D eigenvalue weighted by Crippen LogP contribution is 2.19. The van der Waals surface area contributed by atoms with E-state index in [1.165, 1.54) is 6.08 Å². The van der Waals surface area contributed by atoms with Crippen LogP contribution in [0.1, 0.15) is 25.8 Å². The second kappa shape index (κ2) is 7.39. The lowest BCUT2D eigenvalue weighted by Crippen LogP contribution is -2.58. The van der Waals surface area contributed by atoms with E-state index in [0.29, 0.717) is 12.2 Å². The van der Waals surface area contributed by atoms with Crippen molar-refractivity contribution in [2.24, 2.45) is 0 Å². The van der Waals surface area contributed by atoms with Crippen molar-refractivity contribution in [3.63, 3.8) is 0 Å². The summed E-state index contributed by atoms with van der Waals surface area (Å²) in [6.07, 6.45) is 3.34. The van der Waals surface area contributed by atoms with E-state index in [0.717, 1.165) is 24.6 Å². The third kappa shape index (κ3) is 4.64. The monoisotopic (exact) mass is 317 g/mol. The van der Waals surface area contributed by atoms with Crippen LogP contribution in [0.2, 0.25) is 0 Å². The molecule has 1 aromatic rings. The minimum atomic E-state index is -0.988. The number of nitrogens with one attached hydrogen (secondary N) is 3. The Bertz CT molecular complexity index is 588. The molecule has 2 rings (SSSR count). The number of rotatable bonds is 6. The SMILES string of the molecule is CC(C)N[C@]1(C(=O)Nc2ccc(/C=C/C(=O)O)cc2)CCNC1. The molecule has 0 aliphatic carbocycles. The molecule has 0 aromatic heterocycles. The average Bonchev–Trinajstić information content (AvgIpc) is 2.95. The molecule has 6 heteroatoms. The van der Waals surface area contributed by atoms with Gasteiger partial charge in [-0.1, -0.05) is 12.1 Å². The van der Waals surface area contributed by atoms with Gasteiger partial charge in [0.2, 0.25) is 5.91 Å². The molecule has 0 radical (unpaired) electrons. The number of hydrogen-bond donors (Lipinski definition) is 4. The maximum atomic E-state index is 12.7. The van der Waals surface area contributed by atoms with E-state index in [4.69, 9.17) is 5.11 Å². The van der Waals surface area contributed by atoms with Crippen LogP contribution >= 0.6 is 0 Å². The predicted molar refractivity (Wildman–Crippen MR) is 90.2 cm³/mol.